The van der Waals surface area contributed by atoms with E-state index in [1.54, 1.807) is 6.92 Å². The zero-order valence-corrected chi connectivity index (χ0v) is 19.1. The Bertz CT molecular complexity index is 672. The normalized spacial score (nSPS) is 17.8. The predicted molar refractivity (Wildman–Crippen MR) is 117 cm³/mol. The van der Waals surface area contributed by atoms with Gasteiger partial charge in [-0.3, -0.25) is 4.99 Å². The lowest BCUT2D eigenvalue weighted by molar-refractivity contribution is 0.0531. The highest BCUT2D eigenvalue weighted by Gasteiger charge is 2.31. The number of nitrogens with one attached hydrogen (secondary N) is 2. The molecule has 2 heterocycles. The van der Waals surface area contributed by atoms with Crippen molar-refractivity contribution in [2.75, 3.05) is 39.2 Å². The standard InChI is InChI=1S/C19H32N4O3S2/c1-6-20-18(21-12-19(27-5)8-10-25-11-9-19)23-14(4)16-22-13(3)15(28-16)17(24)26-7-2/h14H,6-12H2,1-5H3,(H2,20,21,23). The van der Waals surface area contributed by atoms with Gasteiger partial charge in [0.05, 0.1) is 24.9 Å². The Morgan fingerprint density at radius 3 is 2.75 bits per heavy atom. The van der Waals surface area contributed by atoms with E-state index in [2.05, 4.69) is 21.9 Å². The fourth-order valence-electron chi connectivity index (χ4n) is 2.97. The lowest BCUT2D eigenvalue weighted by Gasteiger charge is -2.34. The van der Waals surface area contributed by atoms with Crippen LogP contribution in [0.2, 0.25) is 0 Å². The fraction of sp³-hybridized carbons (Fsp3) is 0.737. The number of aromatic nitrogens is 1. The third-order valence-corrected chi connectivity index (χ3v) is 7.43. The van der Waals surface area contributed by atoms with Gasteiger partial charge in [-0.2, -0.15) is 11.8 Å². The lowest BCUT2D eigenvalue weighted by Crippen LogP contribution is -2.41. The number of ether oxygens (including phenoxy) is 2. The molecular weight excluding hydrogens is 396 g/mol. The van der Waals surface area contributed by atoms with E-state index in [-0.39, 0.29) is 16.8 Å². The molecule has 1 unspecified atom stereocenters. The Balaban J connectivity index is 2.08. The summed E-state index contributed by atoms with van der Waals surface area (Å²) in [6, 6.07) is -0.0652. The van der Waals surface area contributed by atoms with Crippen molar-refractivity contribution in [3.8, 4) is 0 Å². The van der Waals surface area contributed by atoms with Gasteiger partial charge in [-0.1, -0.05) is 0 Å². The highest BCUT2D eigenvalue weighted by atomic mass is 32.2. The highest BCUT2D eigenvalue weighted by molar-refractivity contribution is 8.00. The molecular formula is C19H32N4O3S2. The van der Waals surface area contributed by atoms with Gasteiger partial charge >= 0.3 is 5.97 Å². The number of aryl methyl sites for hydroxylation is 1. The highest BCUT2D eigenvalue weighted by Crippen LogP contribution is 2.34. The molecule has 1 fully saturated rings. The topological polar surface area (TPSA) is 84.8 Å². The molecule has 0 bridgehead atoms. The molecule has 28 heavy (non-hydrogen) atoms. The Morgan fingerprint density at radius 2 is 2.14 bits per heavy atom. The number of thiazole rings is 1. The van der Waals surface area contributed by atoms with Crippen LogP contribution in [0.1, 0.15) is 60.0 Å². The molecule has 0 radical (unpaired) electrons. The molecule has 2 rings (SSSR count). The molecule has 0 saturated carbocycles. The van der Waals surface area contributed by atoms with E-state index in [4.69, 9.17) is 14.5 Å². The summed E-state index contributed by atoms with van der Waals surface area (Å²) in [6.07, 6.45) is 4.18. The minimum Gasteiger partial charge on any atom is -0.462 e. The second-order valence-electron chi connectivity index (χ2n) is 6.75. The van der Waals surface area contributed by atoms with Gasteiger partial charge in [0, 0.05) is 24.5 Å². The summed E-state index contributed by atoms with van der Waals surface area (Å²) in [6.45, 7) is 11.2. The lowest BCUT2D eigenvalue weighted by atomic mass is 9.99. The van der Waals surface area contributed by atoms with Gasteiger partial charge in [-0.25, -0.2) is 9.78 Å². The smallest absolute Gasteiger partial charge is 0.350 e. The van der Waals surface area contributed by atoms with Gasteiger partial charge in [0.25, 0.3) is 0 Å². The van der Waals surface area contributed by atoms with Crippen molar-refractivity contribution < 1.29 is 14.3 Å². The first-order valence-electron chi connectivity index (χ1n) is 9.77. The monoisotopic (exact) mass is 428 g/mol. The third kappa shape index (κ3) is 6.09. The maximum atomic E-state index is 12.1. The van der Waals surface area contributed by atoms with E-state index in [0.717, 1.165) is 50.1 Å². The van der Waals surface area contributed by atoms with Crippen LogP contribution >= 0.6 is 23.1 Å². The van der Waals surface area contributed by atoms with Crippen LogP contribution in [-0.4, -0.2) is 60.8 Å². The van der Waals surface area contributed by atoms with Crippen molar-refractivity contribution in [2.45, 2.75) is 51.3 Å². The number of hydrogen-bond donors (Lipinski definition) is 2. The van der Waals surface area contributed by atoms with Gasteiger partial charge in [0.1, 0.15) is 9.88 Å². The molecule has 1 aliphatic rings. The van der Waals surface area contributed by atoms with Crippen LogP contribution in [0.4, 0.5) is 0 Å². The van der Waals surface area contributed by atoms with Gasteiger partial charge in [0.2, 0.25) is 0 Å². The quantitative estimate of drug-likeness (QED) is 0.374. The third-order valence-electron chi connectivity index (χ3n) is 4.70. The van der Waals surface area contributed by atoms with Crippen LogP contribution < -0.4 is 10.6 Å². The van der Waals surface area contributed by atoms with Crippen LogP contribution in [0.5, 0.6) is 0 Å². The van der Waals surface area contributed by atoms with E-state index < -0.39 is 0 Å². The maximum Gasteiger partial charge on any atom is 0.350 e. The maximum absolute atomic E-state index is 12.1. The molecule has 2 N–H and O–H groups in total. The van der Waals surface area contributed by atoms with E-state index in [1.807, 2.05) is 32.5 Å². The van der Waals surface area contributed by atoms with Crippen LogP contribution in [0.3, 0.4) is 0 Å². The van der Waals surface area contributed by atoms with Crippen LogP contribution in [0.15, 0.2) is 4.99 Å². The van der Waals surface area contributed by atoms with Crippen molar-refractivity contribution in [3.63, 3.8) is 0 Å². The Hall–Kier alpha value is -1.32. The number of guanidine groups is 1. The zero-order chi connectivity index (χ0) is 20.6. The number of carbonyl (C=O) groups is 1. The van der Waals surface area contributed by atoms with Gasteiger partial charge < -0.3 is 20.1 Å². The van der Waals surface area contributed by atoms with Crippen LogP contribution in [0.25, 0.3) is 0 Å². The molecule has 0 amide bonds. The number of nitrogens with zero attached hydrogens (tertiary/aromatic N) is 2. The second kappa shape index (κ2) is 11.0. The predicted octanol–water partition coefficient (Wildman–Crippen LogP) is 3.16. The summed E-state index contributed by atoms with van der Waals surface area (Å²) < 4.78 is 10.8. The molecule has 1 aliphatic heterocycles. The molecule has 7 nitrogen and oxygen atoms in total. The van der Waals surface area contributed by atoms with Crippen molar-refractivity contribution in [2.24, 2.45) is 4.99 Å². The van der Waals surface area contributed by atoms with Gasteiger partial charge in [-0.05, 0) is 46.8 Å². The first-order chi connectivity index (χ1) is 13.4. The van der Waals surface area contributed by atoms with Crippen molar-refractivity contribution >= 4 is 35.0 Å². The Morgan fingerprint density at radius 1 is 1.43 bits per heavy atom. The average Bonchev–Trinajstić information content (AvgIpc) is 3.09. The molecule has 9 heteroatoms. The largest absolute Gasteiger partial charge is 0.462 e. The number of aliphatic imine (C=N–C) groups is 1. The minimum absolute atomic E-state index is 0.0652. The number of carbonyl (C=O) groups excluding carboxylic acids is 1. The number of rotatable bonds is 8. The van der Waals surface area contributed by atoms with E-state index in [1.165, 1.54) is 11.3 Å². The molecule has 0 spiro atoms. The molecule has 1 saturated heterocycles. The van der Waals surface area contributed by atoms with Crippen LogP contribution in [-0.2, 0) is 9.47 Å². The van der Waals surface area contributed by atoms with E-state index in [0.29, 0.717) is 17.2 Å². The average molecular weight is 429 g/mol. The van der Waals surface area contributed by atoms with Crippen LogP contribution in [0, 0.1) is 6.92 Å². The van der Waals surface area contributed by atoms with Crippen molar-refractivity contribution in [3.05, 3.63) is 15.6 Å². The van der Waals surface area contributed by atoms with E-state index >= 15 is 0 Å². The molecule has 1 atom stereocenters. The summed E-state index contributed by atoms with van der Waals surface area (Å²) in [7, 11) is 0. The molecule has 0 aliphatic carbocycles. The summed E-state index contributed by atoms with van der Waals surface area (Å²) in [5.41, 5.74) is 0.706. The van der Waals surface area contributed by atoms with Gasteiger partial charge in [0.15, 0.2) is 5.96 Å². The number of hydrogen-bond acceptors (Lipinski definition) is 7. The number of thioether (sulfide) groups is 1. The van der Waals surface area contributed by atoms with Crippen molar-refractivity contribution in [1.29, 1.82) is 0 Å². The molecule has 1 aromatic rings. The second-order valence-corrected chi connectivity index (χ2v) is 9.05. The summed E-state index contributed by atoms with van der Waals surface area (Å²) >= 11 is 3.25. The Labute approximate surface area is 176 Å². The molecule has 1 aromatic heterocycles. The molecule has 158 valence electrons. The number of esters is 1. The Kier molecular flexibility index (Phi) is 9.04. The van der Waals surface area contributed by atoms with Gasteiger partial charge in [-0.15, -0.1) is 11.3 Å². The first kappa shape index (κ1) is 23.0. The summed E-state index contributed by atoms with van der Waals surface area (Å²) in [4.78, 5) is 22.0. The zero-order valence-electron chi connectivity index (χ0n) is 17.5. The fourth-order valence-corrected chi connectivity index (χ4v) is 4.70. The van der Waals surface area contributed by atoms with Crippen molar-refractivity contribution in [1.82, 2.24) is 15.6 Å². The van der Waals surface area contributed by atoms with E-state index in [9.17, 15) is 4.79 Å². The summed E-state index contributed by atoms with van der Waals surface area (Å²) in [5, 5.41) is 7.58. The SMILES string of the molecule is CCNC(=NCC1(SC)CCOCC1)NC(C)c1nc(C)c(C(=O)OCC)s1. The summed E-state index contributed by atoms with van der Waals surface area (Å²) in [5.74, 6) is 0.457. The minimum atomic E-state index is -0.307. The molecule has 0 aromatic carbocycles. The first-order valence-corrected chi connectivity index (χ1v) is 11.8.